The van der Waals surface area contributed by atoms with Crippen molar-refractivity contribution in [3.05, 3.63) is 16.5 Å². The lowest BCUT2D eigenvalue weighted by Crippen LogP contribution is -2.49. The van der Waals surface area contributed by atoms with Crippen LogP contribution in [0.15, 0.2) is 6.07 Å². The van der Waals surface area contributed by atoms with Crippen LogP contribution in [0.1, 0.15) is 36.0 Å². The number of esters is 1. The zero-order valence-corrected chi connectivity index (χ0v) is 15.0. The zero-order valence-electron chi connectivity index (χ0n) is 13.3. The SMILES string of the molecule is CCc1cc(C(=O)OC)c(NC(=S)N2C[C@@H](C)O[C@@H](C)C2)s1. The number of thiocarbonyl (C=S) groups is 1. The molecule has 0 spiro atoms. The van der Waals surface area contributed by atoms with Crippen molar-refractivity contribution in [2.24, 2.45) is 0 Å². The van der Waals surface area contributed by atoms with Crippen LogP contribution >= 0.6 is 23.6 Å². The highest BCUT2D eigenvalue weighted by molar-refractivity contribution is 7.80. The summed E-state index contributed by atoms with van der Waals surface area (Å²) in [6.45, 7) is 7.61. The molecule has 1 saturated heterocycles. The average molecular weight is 342 g/mol. The predicted molar refractivity (Wildman–Crippen MR) is 92.8 cm³/mol. The molecule has 0 aromatic carbocycles. The Hall–Kier alpha value is -1.18. The lowest BCUT2D eigenvalue weighted by Gasteiger charge is -2.36. The third-order valence-corrected chi connectivity index (χ3v) is 5.02. The van der Waals surface area contributed by atoms with Crippen molar-refractivity contribution in [1.29, 1.82) is 0 Å². The van der Waals surface area contributed by atoms with Gasteiger partial charge in [-0.15, -0.1) is 11.3 Å². The molecule has 22 heavy (non-hydrogen) atoms. The molecule has 1 aliphatic rings. The number of methoxy groups -OCH3 is 1. The van der Waals surface area contributed by atoms with Crippen molar-refractivity contribution >= 4 is 39.6 Å². The van der Waals surface area contributed by atoms with Crippen LogP contribution in [0.5, 0.6) is 0 Å². The Bertz CT molecular complexity index is 549. The molecule has 1 N–H and O–H groups in total. The number of morpholine rings is 1. The second-order valence-corrected chi connectivity index (χ2v) is 6.92. The summed E-state index contributed by atoms with van der Waals surface area (Å²) >= 11 is 7.04. The highest BCUT2D eigenvalue weighted by atomic mass is 32.1. The summed E-state index contributed by atoms with van der Waals surface area (Å²) in [4.78, 5) is 15.1. The smallest absolute Gasteiger partial charge is 0.340 e. The quantitative estimate of drug-likeness (QED) is 0.673. The van der Waals surface area contributed by atoms with Gasteiger partial charge in [0.25, 0.3) is 0 Å². The summed E-state index contributed by atoms with van der Waals surface area (Å²) in [5.74, 6) is -0.343. The van der Waals surface area contributed by atoms with E-state index >= 15 is 0 Å². The Balaban J connectivity index is 2.14. The molecule has 1 aliphatic heterocycles. The number of thiophene rings is 1. The van der Waals surface area contributed by atoms with Gasteiger partial charge in [0.15, 0.2) is 5.11 Å². The number of anilines is 1. The Morgan fingerprint density at radius 1 is 1.50 bits per heavy atom. The van der Waals surface area contributed by atoms with E-state index < -0.39 is 0 Å². The van der Waals surface area contributed by atoms with E-state index in [2.05, 4.69) is 17.1 Å². The van der Waals surface area contributed by atoms with Crippen molar-refractivity contribution in [3.63, 3.8) is 0 Å². The van der Waals surface area contributed by atoms with E-state index in [-0.39, 0.29) is 18.2 Å². The summed E-state index contributed by atoms with van der Waals surface area (Å²) in [5.41, 5.74) is 0.543. The highest BCUT2D eigenvalue weighted by Crippen LogP contribution is 2.29. The highest BCUT2D eigenvalue weighted by Gasteiger charge is 2.25. The van der Waals surface area contributed by atoms with Gasteiger partial charge in [-0.05, 0) is 38.6 Å². The second-order valence-electron chi connectivity index (χ2n) is 5.39. The fraction of sp³-hybridized carbons (Fsp3) is 0.600. The summed E-state index contributed by atoms with van der Waals surface area (Å²) < 4.78 is 10.6. The van der Waals surface area contributed by atoms with Gasteiger partial charge in [-0.3, -0.25) is 0 Å². The fourth-order valence-electron chi connectivity index (χ4n) is 2.49. The number of hydrogen-bond donors (Lipinski definition) is 1. The standard InChI is InChI=1S/C15H22N2O3S2/c1-5-11-6-12(14(18)19-4)13(22-11)16-15(21)17-7-9(2)20-10(3)8-17/h6,9-10H,5,7-8H2,1-4H3,(H,16,21)/t9-,10+. The van der Waals surface area contributed by atoms with Crippen molar-refractivity contribution in [2.45, 2.75) is 39.4 Å². The van der Waals surface area contributed by atoms with Gasteiger partial charge < -0.3 is 19.7 Å². The molecule has 0 radical (unpaired) electrons. The maximum atomic E-state index is 11.9. The molecule has 0 bridgehead atoms. The molecule has 2 heterocycles. The van der Waals surface area contributed by atoms with E-state index in [1.165, 1.54) is 18.4 Å². The van der Waals surface area contributed by atoms with Crippen LogP contribution in [0.25, 0.3) is 0 Å². The topological polar surface area (TPSA) is 50.8 Å². The molecule has 0 aliphatic carbocycles. The van der Waals surface area contributed by atoms with E-state index in [1.54, 1.807) is 0 Å². The van der Waals surface area contributed by atoms with Crippen LogP contribution in [0.2, 0.25) is 0 Å². The van der Waals surface area contributed by atoms with Crippen molar-refractivity contribution in [2.75, 3.05) is 25.5 Å². The molecular weight excluding hydrogens is 320 g/mol. The van der Waals surface area contributed by atoms with Crippen LogP contribution in [0, 0.1) is 0 Å². The Morgan fingerprint density at radius 2 is 2.14 bits per heavy atom. The first-order valence-corrected chi connectivity index (χ1v) is 8.59. The average Bonchev–Trinajstić information content (AvgIpc) is 2.88. The number of hydrogen-bond acceptors (Lipinski definition) is 5. The van der Waals surface area contributed by atoms with Gasteiger partial charge in [-0.1, -0.05) is 6.92 Å². The van der Waals surface area contributed by atoms with Gasteiger partial charge >= 0.3 is 5.97 Å². The third kappa shape index (κ3) is 3.97. The van der Waals surface area contributed by atoms with E-state index in [0.717, 1.165) is 29.4 Å². The third-order valence-electron chi connectivity index (χ3n) is 3.46. The van der Waals surface area contributed by atoms with Gasteiger partial charge in [0.05, 0.1) is 24.9 Å². The number of rotatable bonds is 3. The summed E-state index contributed by atoms with van der Waals surface area (Å²) in [7, 11) is 1.39. The predicted octanol–water partition coefficient (Wildman–Crippen LogP) is 2.90. The number of ether oxygens (including phenoxy) is 2. The van der Waals surface area contributed by atoms with Crippen LogP contribution in [-0.4, -0.2) is 48.4 Å². The Kier molecular flexibility index (Phi) is 5.77. The van der Waals surface area contributed by atoms with Crippen molar-refractivity contribution in [3.8, 4) is 0 Å². The van der Waals surface area contributed by atoms with Crippen LogP contribution < -0.4 is 5.32 Å². The molecule has 2 atom stereocenters. The van der Waals surface area contributed by atoms with E-state index in [4.69, 9.17) is 21.7 Å². The first kappa shape index (κ1) is 17.2. The molecule has 1 aromatic heterocycles. The molecular formula is C15H22N2O3S2. The molecule has 2 rings (SSSR count). The minimum Gasteiger partial charge on any atom is -0.465 e. The number of carbonyl (C=O) groups is 1. The van der Waals surface area contributed by atoms with Crippen molar-refractivity contribution < 1.29 is 14.3 Å². The zero-order chi connectivity index (χ0) is 16.3. The normalized spacial score (nSPS) is 21.5. The van der Waals surface area contributed by atoms with Crippen molar-refractivity contribution in [1.82, 2.24) is 4.90 Å². The van der Waals surface area contributed by atoms with E-state index in [9.17, 15) is 4.79 Å². The van der Waals surface area contributed by atoms with Crippen LogP contribution in [0.4, 0.5) is 5.00 Å². The lowest BCUT2D eigenvalue weighted by atomic mass is 10.2. The first-order chi connectivity index (χ1) is 10.4. The molecule has 7 heteroatoms. The molecule has 1 fully saturated rings. The number of carbonyl (C=O) groups excluding carboxylic acids is 1. The summed E-state index contributed by atoms with van der Waals surface area (Å²) in [5, 5.41) is 4.58. The first-order valence-electron chi connectivity index (χ1n) is 7.37. The minimum atomic E-state index is -0.343. The van der Waals surface area contributed by atoms with Gasteiger partial charge in [-0.25, -0.2) is 4.79 Å². The van der Waals surface area contributed by atoms with Crippen LogP contribution in [-0.2, 0) is 15.9 Å². The summed E-state index contributed by atoms with van der Waals surface area (Å²) in [6, 6.07) is 1.87. The molecule has 122 valence electrons. The largest absolute Gasteiger partial charge is 0.465 e. The lowest BCUT2D eigenvalue weighted by molar-refractivity contribution is -0.0473. The van der Waals surface area contributed by atoms with Gasteiger partial charge in [0, 0.05) is 18.0 Å². The number of nitrogens with one attached hydrogen (secondary N) is 1. The minimum absolute atomic E-state index is 0.137. The maximum absolute atomic E-state index is 11.9. The number of nitrogens with zero attached hydrogens (tertiary/aromatic N) is 1. The molecule has 0 saturated carbocycles. The molecule has 0 amide bonds. The molecule has 1 aromatic rings. The molecule has 0 unspecified atom stereocenters. The van der Waals surface area contributed by atoms with Gasteiger partial charge in [0.1, 0.15) is 5.00 Å². The fourth-order valence-corrected chi connectivity index (χ4v) is 3.79. The van der Waals surface area contributed by atoms with E-state index in [1.807, 2.05) is 19.9 Å². The van der Waals surface area contributed by atoms with E-state index in [0.29, 0.717) is 10.7 Å². The van der Waals surface area contributed by atoms with Gasteiger partial charge in [-0.2, -0.15) is 0 Å². The number of aryl methyl sites for hydroxylation is 1. The monoisotopic (exact) mass is 342 g/mol. The van der Waals surface area contributed by atoms with Gasteiger partial charge in [0.2, 0.25) is 0 Å². The van der Waals surface area contributed by atoms with Crippen LogP contribution in [0.3, 0.4) is 0 Å². The summed E-state index contributed by atoms with van der Waals surface area (Å²) in [6.07, 6.45) is 1.14. The Morgan fingerprint density at radius 3 is 2.68 bits per heavy atom. The second kappa shape index (κ2) is 7.39. The maximum Gasteiger partial charge on any atom is 0.340 e. The Labute approximate surface area is 140 Å². The molecule has 5 nitrogen and oxygen atoms in total.